The number of anilines is 4. The van der Waals surface area contributed by atoms with E-state index in [-0.39, 0.29) is 24.5 Å². The first-order chi connectivity index (χ1) is 19.6. The normalized spacial score (nSPS) is 19.4. The SMILES string of the molecule is NCCOCCOCCNC(=O)Cc1ccc(Nc2nc(NC3CCCC3)nc(NC3CCC(O)CC3)n2)cc1. The molecular formula is C28H44N8O4. The summed E-state index contributed by atoms with van der Waals surface area (Å²) in [6.07, 6.45) is 8.06. The monoisotopic (exact) mass is 556 g/mol. The summed E-state index contributed by atoms with van der Waals surface area (Å²) in [5, 5.41) is 22.9. The highest BCUT2D eigenvalue weighted by molar-refractivity contribution is 5.78. The quantitative estimate of drug-likeness (QED) is 0.168. The maximum atomic E-state index is 12.3. The van der Waals surface area contributed by atoms with Crippen molar-refractivity contribution in [2.75, 3.05) is 55.5 Å². The zero-order valence-corrected chi connectivity index (χ0v) is 23.2. The fraction of sp³-hybridized carbons (Fsp3) is 0.643. The highest BCUT2D eigenvalue weighted by Crippen LogP contribution is 2.25. The standard InChI is InChI=1S/C28H44N8O4/c29-13-15-39-17-18-40-16-14-30-25(38)19-20-5-7-22(8-6-20)32-27-34-26(31-21-3-1-2-4-21)35-28(36-27)33-23-9-11-24(37)12-10-23/h5-8,21,23-24,37H,1-4,9-19,29H2,(H,30,38)(H3,31,32,33,34,35,36). The molecular weight excluding hydrogens is 512 g/mol. The molecule has 0 spiro atoms. The molecule has 12 heteroatoms. The Bertz CT molecular complexity index is 1030. The average Bonchev–Trinajstić information content (AvgIpc) is 3.45. The van der Waals surface area contributed by atoms with Crippen molar-refractivity contribution in [3.63, 3.8) is 0 Å². The van der Waals surface area contributed by atoms with Crippen molar-refractivity contribution < 1.29 is 19.4 Å². The molecule has 40 heavy (non-hydrogen) atoms. The number of aliphatic hydroxyl groups is 1. The molecule has 12 nitrogen and oxygen atoms in total. The van der Waals surface area contributed by atoms with Gasteiger partial charge in [-0.05, 0) is 56.2 Å². The maximum Gasteiger partial charge on any atom is 0.233 e. The molecule has 7 N–H and O–H groups in total. The van der Waals surface area contributed by atoms with Gasteiger partial charge in [0.25, 0.3) is 0 Å². The summed E-state index contributed by atoms with van der Waals surface area (Å²) >= 11 is 0. The number of nitrogens with zero attached hydrogens (tertiary/aromatic N) is 3. The fourth-order valence-electron chi connectivity index (χ4n) is 4.97. The topological polar surface area (TPSA) is 169 Å². The van der Waals surface area contributed by atoms with E-state index in [2.05, 4.69) is 36.2 Å². The number of hydrogen-bond acceptors (Lipinski definition) is 11. The van der Waals surface area contributed by atoms with Crippen molar-refractivity contribution in [2.45, 2.75) is 76.0 Å². The summed E-state index contributed by atoms with van der Waals surface area (Å²) in [6.45, 7) is 2.88. The number of nitrogens with two attached hydrogens (primary N) is 1. The van der Waals surface area contributed by atoms with Gasteiger partial charge in [0.15, 0.2) is 0 Å². The number of rotatable bonds is 16. The molecule has 0 atom stereocenters. The molecule has 2 aliphatic carbocycles. The molecule has 4 rings (SSSR count). The van der Waals surface area contributed by atoms with Gasteiger partial charge in [-0.1, -0.05) is 25.0 Å². The van der Waals surface area contributed by atoms with Gasteiger partial charge in [-0.25, -0.2) is 0 Å². The Morgan fingerprint density at radius 2 is 1.43 bits per heavy atom. The summed E-state index contributed by atoms with van der Waals surface area (Å²) in [5.41, 5.74) is 7.08. The molecule has 2 saturated carbocycles. The van der Waals surface area contributed by atoms with E-state index >= 15 is 0 Å². The second-order valence-electron chi connectivity index (χ2n) is 10.4. The van der Waals surface area contributed by atoms with E-state index in [1.165, 1.54) is 12.8 Å². The van der Waals surface area contributed by atoms with Gasteiger partial charge in [-0.2, -0.15) is 15.0 Å². The first-order valence-electron chi connectivity index (χ1n) is 14.5. The summed E-state index contributed by atoms with van der Waals surface area (Å²) in [4.78, 5) is 26.2. The average molecular weight is 557 g/mol. The number of carbonyl (C=O) groups is 1. The van der Waals surface area contributed by atoms with Gasteiger partial charge in [0.05, 0.1) is 39.0 Å². The molecule has 1 aromatic carbocycles. The fourth-order valence-corrected chi connectivity index (χ4v) is 4.97. The first-order valence-corrected chi connectivity index (χ1v) is 14.5. The van der Waals surface area contributed by atoms with Gasteiger partial charge >= 0.3 is 0 Å². The molecule has 2 aromatic rings. The van der Waals surface area contributed by atoms with E-state index in [1.54, 1.807) is 0 Å². The van der Waals surface area contributed by atoms with Crippen LogP contribution in [0.4, 0.5) is 23.5 Å². The van der Waals surface area contributed by atoms with Crippen molar-refractivity contribution >= 4 is 29.4 Å². The van der Waals surface area contributed by atoms with Crippen LogP contribution < -0.4 is 27.0 Å². The molecule has 1 aromatic heterocycles. The highest BCUT2D eigenvalue weighted by Gasteiger charge is 2.21. The van der Waals surface area contributed by atoms with Crippen LogP contribution in [0.15, 0.2) is 24.3 Å². The Hall–Kier alpha value is -3.06. The third-order valence-corrected chi connectivity index (χ3v) is 7.13. The number of amides is 1. The highest BCUT2D eigenvalue weighted by atomic mass is 16.5. The van der Waals surface area contributed by atoms with Crippen LogP contribution in [0.3, 0.4) is 0 Å². The van der Waals surface area contributed by atoms with Crippen LogP contribution >= 0.6 is 0 Å². The number of ether oxygens (including phenoxy) is 2. The van der Waals surface area contributed by atoms with Crippen molar-refractivity contribution in [1.82, 2.24) is 20.3 Å². The molecule has 0 bridgehead atoms. The summed E-state index contributed by atoms with van der Waals surface area (Å²) in [7, 11) is 0. The minimum Gasteiger partial charge on any atom is -0.393 e. The Labute approximate surface area is 236 Å². The second kappa shape index (κ2) is 16.3. The molecule has 1 heterocycles. The largest absolute Gasteiger partial charge is 0.393 e. The molecule has 2 aliphatic rings. The number of hydrogen-bond donors (Lipinski definition) is 6. The van der Waals surface area contributed by atoms with Crippen LogP contribution in [0.5, 0.6) is 0 Å². The van der Waals surface area contributed by atoms with Gasteiger partial charge in [0.2, 0.25) is 23.8 Å². The zero-order chi connectivity index (χ0) is 28.0. The Morgan fingerprint density at radius 1 is 0.825 bits per heavy atom. The van der Waals surface area contributed by atoms with E-state index < -0.39 is 0 Å². The Balaban J connectivity index is 1.28. The van der Waals surface area contributed by atoms with Gasteiger partial charge in [-0.15, -0.1) is 0 Å². The molecule has 0 unspecified atom stereocenters. The predicted octanol–water partition coefficient (Wildman–Crippen LogP) is 2.34. The molecule has 220 valence electrons. The molecule has 2 fully saturated rings. The van der Waals surface area contributed by atoms with E-state index in [0.717, 1.165) is 49.8 Å². The van der Waals surface area contributed by atoms with E-state index in [1.807, 2.05) is 24.3 Å². The predicted molar refractivity (Wildman–Crippen MR) is 155 cm³/mol. The third kappa shape index (κ3) is 10.5. The number of aromatic nitrogens is 3. The van der Waals surface area contributed by atoms with Crippen LogP contribution in [-0.4, -0.2) is 83.7 Å². The number of benzene rings is 1. The second-order valence-corrected chi connectivity index (χ2v) is 10.4. The van der Waals surface area contributed by atoms with Gasteiger partial charge in [-0.3, -0.25) is 4.79 Å². The minimum atomic E-state index is -0.214. The van der Waals surface area contributed by atoms with Gasteiger partial charge in [0, 0.05) is 30.9 Å². The summed E-state index contributed by atoms with van der Waals surface area (Å²) in [6, 6.07) is 8.26. The van der Waals surface area contributed by atoms with Crippen molar-refractivity contribution in [3.05, 3.63) is 29.8 Å². The zero-order valence-electron chi connectivity index (χ0n) is 23.2. The number of nitrogens with one attached hydrogen (secondary N) is 4. The first kappa shape index (κ1) is 29.9. The maximum absolute atomic E-state index is 12.3. The third-order valence-electron chi connectivity index (χ3n) is 7.13. The van der Waals surface area contributed by atoms with Crippen molar-refractivity contribution in [1.29, 1.82) is 0 Å². The van der Waals surface area contributed by atoms with E-state index in [9.17, 15) is 9.90 Å². The molecule has 0 radical (unpaired) electrons. The minimum absolute atomic E-state index is 0.0604. The lowest BCUT2D eigenvalue weighted by atomic mass is 9.93. The molecule has 1 amide bonds. The van der Waals surface area contributed by atoms with Crippen LogP contribution in [0.1, 0.15) is 56.9 Å². The lowest BCUT2D eigenvalue weighted by Crippen LogP contribution is -2.29. The van der Waals surface area contributed by atoms with Gasteiger partial charge < -0.3 is 41.6 Å². The number of carbonyl (C=O) groups excluding carboxylic acids is 1. The summed E-state index contributed by atoms with van der Waals surface area (Å²) < 4.78 is 10.7. The smallest absolute Gasteiger partial charge is 0.233 e. The van der Waals surface area contributed by atoms with E-state index in [4.69, 9.17) is 15.2 Å². The lowest BCUT2D eigenvalue weighted by molar-refractivity contribution is -0.120. The van der Waals surface area contributed by atoms with Gasteiger partial charge in [0.1, 0.15) is 0 Å². The van der Waals surface area contributed by atoms with Crippen LogP contribution in [0.25, 0.3) is 0 Å². The Kier molecular flexibility index (Phi) is 12.2. The van der Waals surface area contributed by atoms with Crippen molar-refractivity contribution in [2.24, 2.45) is 5.73 Å². The number of aliphatic hydroxyl groups excluding tert-OH is 1. The molecule has 0 saturated heterocycles. The lowest BCUT2D eigenvalue weighted by Gasteiger charge is -2.26. The molecule has 0 aliphatic heterocycles. The van der Waals surface area contributed by atoms with Crippen LogP contribution in [-0.2, 0) is 20.7 Å². The van der Waals surface area contributed by atoms with E-state index in [0.29, 0.717) is 63.4 Å². The summed E-state index contributed by atoms with van der Waals surface area (Å²) in [5.74, 6) is 1.48. The van der Waals surface area contributed by atoms with Crippen LogP contribution in [0.2, 0.25) is 0 Å². The van der Waals surface area contributed by atoms with Crippen molar-refractivity contribution in [3.8, 4) is 0 Å². The Morgan fingerprint density at radius 3 is 2.08 bits per heavy atom. The van der Waals surface area contributed by atoms with Crippen LogP contribution in [0, 0.1) is 0 Å².